The van der Waals surface area contributed by atoms with Crippen LogP contribution < -0.4 is 10.6 Å². The first-order valence-corrected chi connectivity index (χ1v) is 10.9. The summed E-state index contributed by atoms with van der Waals surface area (Å²) in [6.07, 6.45) is -0.676. The van der Waals surface area contributed by atoms with Gasteiger partial charge in [0.15, 0.2) is 0 Å². The van der Waals surface area contributed by atoms with E-state index in [4.69, 9.17) is 9.47 Å². The van der Waals surface area contributed by atoms with Gasteiger partial charge in [-0.15, -0.1) is 0 Å². The van der Waals surface area contributed by atoms with E-state index in [-0.39, 0.29) is 12.5 Å². The van der Waals surface area contributed by atoms with Crippen molar-refractivity contribution in [2.45, 2.75) is 39.0 Å². The highest BCUT2D eigenvalue weighted by atomic mass is 16.6. The van der Waals surface area contributed by atoms with E-state index in [0.717, 1.165) is 16.7 Å². The van der Waals surface area contributed by atoms with E-state index in [1.54, 1.807) is 20.8 Å². The summed E-state index contributed by atoms with van der Waals surface area (Å²) in [5.74, 6) is -0.388. The summed E-state index contributed by atoms with van der Waals surface area (Å²) in [6, 6.07) is 26.2. The second-order valence-electron chi connectivity index (χ2n) is 8.63. The molecular weight excluding hydrogens is 416 g/mol. The van der Waals surface area contributed by atoms with Gasteiger partial charge in [0.2, 0.25) is 5.91 Å². The lowest BCUT2D eigenvalue weighted by atomic mass is 10.1. The number of amides is 2. The minimum Gasteiger partial charge on any atom is -0.444 e. The van der Waals surface area contributed by atoms with Crippen LogP contribution in [-0.2, 0) is 20.9 Å². The molecule has 6 heteroatoms. The largest absolute Gasteiger partial charge is 0.444 e. The fourth-order valence-electron chi connectivity index (χ4n) is 3.11. The molecule has 6 nitrogen and oxygen atoms in total. The van der Waals surface area contributed by atoms with Crippen molar-refractivity contribution in [3.05, 3.63) is 90.5 Å². The molecule has 3 aromatic carbocycles. The van der Waals surface area contributed by atoms with E-state index >= 15 is 0 Å². The summed E-state index contributed by atoms with van der Waals surface area (Å²) in [5.41, 5.74) is 3.06. The van der Waals surface area contributed by atoms with Crippen molar-refractivity contribution in [2.75, 3.05) is 11.9 Å². The lowest BCUT2D eigenvalue weighted by Crippen LogP contribution is -2.48. The molecule has 0 fully saturated rings. The lowest BCUT2D eigenvalue weighted by molar-refractivity contribution is -0.119. The van der Waals surface area contributed by atoms with Gasteiger partial charge in [0.05, 0.1) is 13.2 Å². The lowest BCUT2D eigenvalue weighted by Gasteiger charge is -2.23. The second-order valence-corrected chi connectivity index (χ2v) is 8.63. The zero-order chi connectivity index (χ0) is 23.7. The Labute approximate surface area is 194 Å². The number of nitrogens with one attached hydrogen (secondary N) is 2. The monoisotopic (exact) mass is 446 g/mol. The summed E-state index contributed by atoms with van der Waals surface area (Å²) < 4.78 is 11.0. The van der Waals surface area contributed by atoms with Crippen molar-refractivity contribution in [2.24, 2.45) is 0 Å². The quantitative estimate of drug-likeness (QED) is 0.486. The maximum atomic E-state index is 12.9. The number of hydrogen-bond donors (Lipinski definition) is 2. The van der Waals surface area contributed by atoms with E-state index in [0.29, 0.717) is 12.3 Å². The predicted molar refractivity (Wildman–Crippen MR) is 130 cm³/mol. The van der Waals surface area contributed by atoms with Crippen LogP contribution in [0.25, 0.3) is 11.1 Å². The minimum absolute atomic E-state index is 0.00205. The Hall–Kier alpha value is -3.64. The topological polar surface area (TPSA) is 76.7 Å². The number of hydrogen-bond acceptors (Lipinski definition) is 4. The van der Waals surface area contributed by atoms with Gasteiger partial charge in [-0.3, -0.25) is 4.79 Å². The van der Waals surface area contributed by atoms with Gasteiger partial charge < -0.3 is 20.1 Å². The molecule has 0 aliphatic rings. The van der Waals surface area contributed by atoms with Crippen LogP contribution >= 0.6 is 0 Å². The Morgan fingerprint density at radius 3 is 2.00 bits per heavy atom. The molecule has 3 aromatic rings. The molecule has 1 atom stereocenters. The molecular formula is C27H30N2O4. The summed E-state index contributed by atoms with van der Waals surface area (Å²) >= 11 is 0. The Balaban J connectivity index is 1.64. The molecule has 2 amide bonds. The first-order chi connectivity index (χ1) is 15.8. The summed E-state index contributed by atoms with van der Waals surface area (Å²) in [6.45, 7) is 5.63. The number of ether oxygens (including phenoxy) is 2. The first-order valence-electron chi connectivity index (χ1n) is 10.9. The smallest absolute Gasteiger partial charge is 0.408 e. The molecule has 0 radical (unpaired) electrons. The zero-order valence-corrected chi connectivity index (χ0v) is 19.2. The second kappa shape index (κ2) is 11.3. The molecule has 0 aliphatic carbocycles. The van der Waals surface area contributed by atoms with Crippen molar-refractivity contribution in [3.63, 3.8) is 0 Å². The van der Waals surface area contributed by atoms with Crippen LogP contribution in [0.4, 0.5) is 10.5 Å². The Bertz CT molecular complexity index is 1030. The van der Waals surface area contributed by atoms with Crippen LogP contribution in [0.2, 0.25) is 0 Å². The maximum Gasteiger partial charge on any atom is 0.408 e. The molecule has 0 heterocycles. The Morgan fingerprint density at radius 2 is 1.39 bits per heavy atom. The van der Waals surface area contributed by atoms with Crippen LogP contribution in [0.15, 0.2) is 84.9 Å². The van der Waals surface area contributed by atoms with Crippen LogP contribution in [0.5, 0.6) is 0 Å². The molecule has 0 aliphatic heterocycles. The molecule has 2 N–H and O–H groups in total. The van der Waals surface area contributed by atoms with Gasteiger partial charge in [-0.1, -0.05) is 72.8 Å². The molecule has 0 spiro atoms. The zero-order valence-electron chi connectivity index (χ0n) is 19.2. The van der Waals surface area contributed by atoms with Gasteiger partial charge in [-0.2, -0.15) is 0 Å². The summed E-state index contributed by atoms with van der Waals surface area (Å²) in [7, 11) is 0. The minimum atomic E-state index is -0.919. The molecule has 172 valence electrons. The molecule has 33 heavy (non-hydrogen) atoms. The number of carbonyl (C=O) groups is 2. The van der Waals surface area contributed by atoms with Gasteiger partial charge in [0.1, 0.15) is 11.6 Å². The van der Waals surface area contributed by atoms with Crippen LogP contribution in [0.1, 0.15) is 26.3 Å². The van der Waals surface area contributed by atoms with Crippen molar-refractivity contribution in [1.29, 1.82) is 0 Å². The van der Waals surface area contributed by atoms with Gasteiger partial charge in [0, 0.05) is 5.69 Å². The van der Waals surface area contributed by atoms with Crippen molar-refractivity contribution in [3.8, 4) is 11.1 Å². The van der Waals surface area contributed by atoms with Gasteiger partial charge >= 0.3 is 6.09 Å². The number of alkyl carbamates (subject to hydrolysis) is 1. The molecule has 0 bridgehead atoms. The molecule has 3 rings (SSSR count). The Morgan fingerprint density at radius 1 is 0.818 bits per heavy atom. The number of rotatable bonds is 8. The average molecular weight is 447 g/mol. The van der Waals surface area contributed by atoms with Crippen molar-refractivity contribution >= 4 is 17.7 Å². The van der Waals surface area contributed by atoms with E-state index in [9.17, 15) is 9.59 Å². The van der Waals surface area contributed by atoms with Gasteiger partial charge in [-0.25, -0.2) is 4.79 Å². The van der Waals surface area contributed by atoms with E-state index in [1.807, 2.05) is 84.9 Å². The highest BCUT2D eigenvalue weighted by Gasteiger charge is 2.25. The highest BCUT2D eigenvalue weighted by molar-refractivity contribution is 5.96. The third kappa shape index (κ3) is 8.09. The summed E-state index contributed by atoms with van der Waals surface area (Å²) in [4.78, 5) is 25.2. The molecule has 0 aromatic heterocycles. The summed E-state index contributed by atoms with van der Waals surface area (Å²) in [5, 5.41) is 5.47. The van der Waals surface area contributed by atoms with Crippen LogP contribution in [0, 0.1) is 0 Å². The maximum absolute atomic E-state index is 12.9. The van der Waals surface area contributed by atoms with Crippen molar-refractivity contribution < 1.29 is 19.1 Å². The van der Waals surface area contributed by atoms with E-state index < -0.39 is 17.7 Å². The van der Waals surface area contributed by atoms with Gasteiger partial charge in [0.25, 0.3) is 0 Å². The normalized spacial score (nSPS) is 12.0. The third-order valence-electron chi connectivity index (χ3n) is 4.66. The molecule has 0 unspecified atom stereocenters. The van der Waals surface area contributed by atoms with E-state index in [2.05, 4.69) is 10.6 Å². The predicted octanol–water partition coefficient (Wildman–Crippen LogP) is 5.40. The highest BCUT2D eigenvalue weighted by Crippen LogP contribution is 2.21. The SMILES string of the molecule is CC(C)(C)OC(=O)N[C@H](COCc1ccccc1)C(=O)Nc1ccc(-c2ccccc2)cc1. The van der Waals surface area contributed by atoms with Crippen molar-refractivity contribution in [1.82, 2.24) is 5.32 Å². The van der Waals surface area contributed by atoms with Crippen LogP contribution in [0.3, 0.4) is 0 Å². The molecule has 0 saturated carbocycles. The Kier molecular flexibility index (Phi) is 8.22. The fourth-order valence-corrected chi connectivity index (χ4v) is 3.11. The standard InChI is InChI=1S/C27H30N2O4/c1-27(2,3)33-26(31)29-24(19-32-18-20-10-6-4-7-11-20)25(30)28-23-16-14-22(15-17-23)21-12-8-5-9-13-21/h4-17,24H,18-19H2,1-3H3,(H,28,30)(H,29,31)/t24-/m1/s1. The third-order valence-corrected chi connectivity index (χ3v) is 4.66. The molecule has 0 saturated heterocycles. The van der Waals surface area contributed by atoms with Gasteiger partial charge in [-0.05, 0) is 49.6 Å². The number of benzene rings is 3. The average Bonchev–Trinajstić information content (AvgIpc) is 2.79. The number of carbonyl (C=O) groups excluding carboxylic acids is 2. The van der Waals surface area contributed by atoms with E-state index in [1.165, 1.54) is 0 Å². The fraction of sp³-hybridized carbons (Fsp3) is 0.259. The van der Waals surface area contributed by atoms with Crippen LogP contribution in [-0.4, -0.2) is 30.3 Å². The first kappa shape index (κ1) is 24.0. The number of anilines is 1.